The van der Waals surface area contributed by atoms with Gasteiger partial charge < -0.3 is 9.84 Å². The van der Waals surface area contributed by atoms with Gasteiger partial charge in [0, 0.05) is 0 Å². The lowest BCUT2D eigenvalue weighted by atomic mass is 9.84. The number of aliphatic carboxylic acids is 1. The maximum absolute atomic E-state index is 12.8. The standard InChI is InChI=1S/C12H13F3O3/c1-11(2,12(13,14)15)8-3-5-9(6-4-8)18-7-10(16)17/h3-6H,7H2,1-2H3,(H,16,17). The highest BCUT2D eigenvalue weighted by Crippen LogP contribution is 2.40. The Bertz CT molecular complexity index is 421. The zero-order valence-electron chi connectivity index (χ0n) is 9.91. The van der Waals surface area contributed by atoms with Gasteiger partial charge in [-0.25, -0.2) is 4.79 Å². The Morgan fingerprint density at radius 3 is 2.11 bits per heavy atom. The van der Waals surface area contributed by atoms with Gasteiger partial charge in [0.05, 0.1) is 5.41 Å². The maximum Gasteiger partial charge on any atom is 0.397 e. The van der Waals surface area contributed by atoms with Gasteiger partial charge in [0.1, 0.15) is 5.75 Å². The summed E-state index contributed by atoms with van der Waals surface area (Å²) in [5.74, 6) is -0.922. The molecule has 0 aliphatic heterocycles. The van der Waals surface area contributed by atoms with Gasteiger partial charge in [-0.2, -0.15) is 13.2 Å². The second-order valence-corrected chi connectivity index (χ2v) is 4.33. The summed E-state index contributed by atoms with van der Waals surface area (Å²) in [4.78, 5) is 10.3. The van der Waals surface area contributed by atoms with Crippen LogP contribution in [-0.2, 0) is 10.2 Å². The summed E-state index contributed by atoms with van der Waals surface area (Å²) < 4.78 is 43.1. The van der Waals surface area contributed by atoms with Crippen LogP contribution < -0.4 is 4.74 Å². The molecular weight excluding hydrogens is 249 g/mol. The van der Waals surface area contributed by atoms with E-state index in [1.165, 1.54) is 24.3 Å². The van der Waals surface area contributed by atoms with Crippen LogP contribution in [0.5, 0.6) is 5.75 Å². The van der Waals surface area contributed by atoms with E-state index in [4.69, 9.17) is 9.84 Å². The number of halogens is 3. The largest absolute Gasteiger partial charge is 0.482 e. The van der Waals surface area contributed by atoms with Crippen molar-refractivity contribution in [2.45, 2.75) is 25.4 Å². The van der Waals surface area contributed by atoms with E-state index in [2.05, 4.69) is 0 Å². The van der Waals surface area contributed by atoms with E-state index in [0.29, 0.717) is 0 Å². The molecule has 1 rings (SSSR count). The number of benzene rings is 1. The number of hydrogen-bond donors (Lipinski definition) is 1. The average Bonchev–Trinajstić information content (AvgIpc) is 2.25. The van der Waals surface area contributed by atoms with Crippen molar-refractivity contribution in [2.75, 3.05) is 6.61 Å². The first-order valence-electron chi connectivity index (χ1n) is 5.16. The van der Waals surface area contributed by atoms with Gasteiger partial charge in [-0.15, -0.1) is 0 Å². The molecule has 0 spiro atoms. The molecule has 0 atom stereocenters. The van der Waals surface area contributed by atoms with Crippen molar-refractivity contribution in [1.29, 1.82) is 0 Å². The van der Waals surface area contributed by atoms with E-state index in [0.717, 1.165) is 13.8 Å². The lowest BCUT2D eigenvalue weighted by molar-refractivity contribution is -0.180. The highest BCUT2D eigenvalue weighted by molar-refractivity contribution is 5.68. The number of rotatable bonds is 4. The van der Waals surface area contributed by atoms with Gasteiger partial charge in [0.25, 0.3) is 0 Å². The molecule has 1 aromatic rings. The molecule has 1 aromatic carbocycles. The molecule has 6 heteroatoms. The molecule has 100 valence electrons. The second kappa shape index (κ2) is 4.88. The van der Waals surface area contributed by atoms with E-state index in [1.54, 1.807) is 0 Å². The Kier molecular flexibility index (Phi) is 3.88. The Morgan fingerprint density at radius 2 is 1.72 bits per heavy atom. The summed E-state index contributed by atoms with van der Waals surface area (Å²) in [5.41, 5.74) is -1.86. The van der Waals surface area contributed by atoms with Crippen molar-refractivity contribution in [2.24, 2.45) is 0 Å². The molecule has 0 saturated carbocycles. The number of ether oxygens (including phenoxy) is 1. The SMILES string of the molecule is CC(C)(c1ccc(OCC(=O)O)cc1)C(F)(F)F. The fraction of sp³-hybridized carbons (Fsp3) is 0.417. The molecule has 0 unspecified atom stereocenters. The summed E-state index contributed by atoms with van der Waals surface area (Å²) >= 11 is 0. The first-order valence-corrected chi connectivity index (χ1v) is 5.16. The third-order valence-electron chi connectivity index (χ3n) is 2.65. The van der Waals surface area contributed by atoms with Crippen molar-refractivity contribution in [3.63, 3.8) is 0 Å². The fourth-order valence-electron chi connectivity index (χ4n) is 1.28. The van der Waals surface area contributed by atoms with E-state index < -0.39 is 24.2 Å². The number of carbonyl (C=O) groups is 1. The predicted molar refractivity (Wildman–Crippen MR) is 58.7 cm³/mol. The fourth-order valence-corrected chi connectivity index (χ4v) is 1.28. The van der Waals surface area contributed by atoms with E-state index in [-0.39, 0.29) is 11.3 Å². The van der Waals surface area contributed by atoms with Gasteiger partial charge >= 0.3 is 12.1 Å². The lowest BCUT2D eigenvalue weighted by Gasteiger charge is -2.28. The molecule has 0 aliphatic rings. The predicted octanol–water partition coefficient (Wildman–Crippen LogP) is 2.99. The summed E-state index contributed by atoms with van der Waals surface area (Å²) in [6, 6.07) is 5.22. The van der Waals surface area contributed by atoms with Gasteiger partial charge in [-0.05, 0) is 31.5 Å². The number of carboxylic acids is 1. The summed E-state index contributed by atoms with van der Waals surface area (Å²) in [6.07, 6.45) is -4.35. The minimum Gasteiger partial charge on any atom is -0.482 e. The topological polar surface area (TPSA) is 46.5 Å². The highest BCUT2D eigenvalue weighted by Gasteiger charge is 2.48. The Labute approximate surface area is 102 Å². The van der Waals surface area contributed by atoms with Crippen LogP contribution in [0.15, 0.2) is 24.3 Å². The van der Waals surface area contributed by atoms with Crippen LogP contribution >= 0.6 is 0 Å². The molecule has 0 amide bonds. The Morgan fingerprint density at radius 1 is 1.22 bits per heavy atom. The summed E-state index contributed by atoms with van der Waals surface area (Å²) in [7, 11) is 0. The smallest absolute Gasteiger partial charge is 0.397 e. The van der Waals surface area contributed by atoms with Gasteiger partial charge in [0.2, 0.25) is 0 Å². The van der Waals surface area contributed by atoms with Crippen molar-refractivity contribution in [3.05, 3.63) is 29.8 Å². The minimum atomic E-state index is -4.35. The molecular formula is C12H13F3O3. The molecule has 0 bridgehead atoms. The number of carboxylic acid groups (broad SMARTS) is 1. The van der Waals surface area contributed by atoms with Crippen LogP contribution in [0.3, 0.4) is 0 Å². The molecule has 3 nitrogen and oxygen atoms in total. The Hall–Kier alpha value is -1.72. The van der Waals surface area contributed by atoms with Gasteiger partial charge in [-0.1, -0.05) is 12.1 Å². The third kappa shape index (κ3) is 3.15. The maximum atomic E-state index is 12.8. The van der Waals surface area contributed by atoms with Crippen LogP contribution in [0.4, 0.5) is 13.2 Å². The first-order chi connectivity index (χ1) is 8.14. The van der Waals surface area contributed by atoms with E-state index >= 15 is 0 Å². The lowest BCUT2D eigenvalue weighted by Crippen LogP contribution is -2.36. The van der Waals surface area contributed by atoms with Crippen molar-refractivity contribution in [3.8, 4) is 5.75 Å². The van der Waals surface area contributed by atoms with Crippen LogP contribution in [0.2, 0.25) is 0 Å². The van der Waals surface area contributed by atoms with E-state index in [1.807, 2.05) is 0 Å². The molecule has 0 aliphatic carbocycles. The van der Waals surface area contributed by atoms with Crippen molar-refractivity contribution in [1.82, 2.24) is 0 Å². The first kappa shape index (κ1) is 14.3. The van der Waals surface area contributed by atoms with Gasteiger partial charge in [-0.3, -0.25) is 0 Å². The summed E-state index contributed by atoms with van der Waals surface area (Å²) in [5, 5.41) is 8.39. The Balaban J connectivity index is 2.86. The van der Waals surface area contributed by atoms with Gasteiger partial charge in [0.15, 0.2) is 6.61 Å². The molecule has 18 heavy (non-hydrogen) atoms. The third-order valence-corrected chi connectivity index (χ3v) is 2.65. The van der Waals surface area contributed by atoms with E-state index in [9.17, 15) is 18.0 Å². The normalized spacial score (nSPS) is 12.3. The molecule has 0 fully saturated rings. The van der Waals surface area contributed by atoms with Crippen LogP contribution in [0, 0.1) is 0 Å². The van der Waals surface area contributed by atoms with Crippen molar-refractivity contribution < 1.29 is 27.8 Å². The summed E-state index contributed by atoms with van der Waals surface area (Å²) in [6.45, 7) is 1.64. The van der Waals surface area contributed by atoms with Crippen LogP contribution in [0.1, 0.15) is 19.4 Å². The molecule has 0 saturated heterocycles. The molecule has 0 radical (unpaired) electrons. The highest BCUT2D eigenvalue weighted by atomic mass is 19.4. The minimum absolute atomic E-state index is 0.0951. The average molecular weight is 262 g/mol. The molecule has 0 aromatic heterocycles. The quantitative estimate of drug-likeness (QED) is 0.907. The molecule has 1 N–H and O–H groups in total. The van der Waals surface area contributed by atoms with Crippen LogP contribution in [0.25, 0.3) is 0 Å². The zero-order chi connectivity index (χ0) is 14.0. The van der Waals surface area contributed by atoms with Crippen LogP contribution in [-0.4, -0.2) is 23.9 Å². The second-order valence-electron chi connectivity index (χ2n) is 4.33. The zero-order valence-corrected chi connectivity index (χ0v) is 9.91. The molecule has 0 heterocycles. The monoisotopic (exact) mass is 262 g/mol. The number of hydrogen-bond acceptors (Lipinski definition) is 2. The number of alkyl halides is 3. The van der Waals surface area contributed by atoms with Crippen molar-refractivity contribution >= 4 is 5.97 Å².